The van der Waals surface area contributed by atoms with Crippen molar-refractivity contribution in [3.63, 3.8) is 0 Å². The van der Waals surface area contributed by atoms with Gasteiger partial charge in [-0.25, -0.2) is 33.6 Å². The van der Waals surface area contributed by atoms with E-state index in [0.29, 0.717) is 19.3 Å². The quantitative estimate of drug-likeness (QED) is 0.0226. The number of hydrogen-bond donors (Lipinski definition) is 4. The van der Waals surface area contributed by atoms with Crippen LogP contribution in [0, 0.1) is 0 Å². The Morgan fingerprint density at radius 3 is 0.646 bits per heavy atom. The molecule has 0 aromatic heterocycles. The third kappa shape index (κ3) is 47.0. The predicted octanol–water partition coefficient (Wildman–Crippen LogP) is 8.58. The number of unbranched alkanes of at least 4 members (excludes halogenated alkanes) is 2. The minimum atomic E-state index is -1.90. The van der Waals surface area contributed by atoms with Gasteiger partial charge in [0.05, 0.1) is 0 Å². The Bertz CT molecular complexity index is 3110. The maximum Gasteiger partial charge on any atom is 0.407 e. The lowest BCUT2D eigenvalue weighted by Gasteiger charge is -2.33. The molecule has 650 valence electrons. The molecule has 4 N–H and O–H groups in total. The van der Waals surface area contributed by atoms with Gasteiger partial charge in [0.25, 0.3) is 0 Å². The van der Waals surface area contributed by atoms with Crippen molar-refractivity contribution >= 4 is 83.4 Å². The highest BCUT2D eigenvalue weighted by Crippen LogP contribution is 2.23. The number of nitrogens with one attached hydrogen (secondary N) is 4. The highest BCUT2D eigenvalue weighted by Gasteiger charge is 2.44. The molecular formula is C81H142N8O24. The largest absolute Gasteiger partial charge is 0.459 e. The van der Waals surface area contributed by atoms with Crippen LogP contribution >= 0.6 is 0 Å². The van der Waals surface area contributed by atoms with Gasteiger partial charge < -0.3 is 72.3 Å². The molecule has 113 heavy (non-hydrogen) atoms. The molecule has 3 unspecified atom stereocenters. The molecule has 0 bridgehead atoms. The Balaban J connectivity index is 4.41. The summed E-state index contributed by atoms with van der Waals surface area (Å²) in [5.41, 5.74) is -10.7. The van der Waals surface area contributed by atoms with Gasteiger partial charge in [0.15, 0.2) is 0 Å². The fourth-order valence-corrected chi connectivity index (χ4v) is 10.7. The summed E-state index contributed by atoms with van der Waals surface area (Å²) in [6.07, 6.45) is -1.52. The molecule has 0 saturated carbocycles. The van der Waals surface area contributed by atoms with Crippen molar-refractivity contribution in [2.24, 2.45) is 0 Å². The average Bonchev–Trinajstić information content (AvgIpc) is 0.845. The molecule has 5 amide bonds. The number of esters is 9. The topological polar surface area (TPSA) is 392 Å². The van der Waals surface area contributed by atoms with Gasteiger partial charge in [-0.1, -0.05) is 6.42 Å². The molecule has 1 aliphatic heterocycles. The van der Waals surface area contributed by atoms with E-state index in [2.05, 4.69) is 21.3 Å². The molecule has 0 aliphatic carbocycles. The van der Waals surface area contributed by atoms with E-state index in [0.717, 1.165) is 0 Å². The lowest BCUT2D eigenvalue weighted by atomic mass is 10.1. The molecule has 1 saturated heterocycles. The minimum Gasteiger partial charge on any atom is -0.459 e. The summed E-state index contributed by atoms with van der Waals surface area (Å²) in [6.45, 7) is 47.6. The number of hydrogen-bond acceptors (Lipinski definition) is 27. The molecule has 0 radical (unpaired) electrons. The fraction of sp³-hybridized carbons (Fsp3) is 0.827. The maximum absolute atomic E-state index is 15.2. The van der Waals surface area contributed by atoms with Crippen molar-refractivity contribution in [2.75, 3.05) is 58.9 Å². The van der Waals surface area contributed by atoms with E-state index < -0.39 is 195 Å². The zero-order valence-electron chi connectivity index (χ0n) is 73.9. The Morgan fingerprint density at radius 1 is 0.248 bits per heavy atom. The SMILES string of the molecule is CC(C)(C)OC(=O)NCCCCCC(=O)N1CCCN(C(=O)CCC(NC(C(=O)OC(C)(C)C)C(=O)OC(C)(C)C)C(=O)OC(C)(C)C)CCN(C(=O)CCC(NC(C(=O)OC(C)(C)C)C(=O)OC(C)(C)C)C(=O)OC(C)(C)C)CCCN(C(=O)CCC(NC(C(=O)OC(C)(C)C)C(=O)OC(C)(C)C)C(=O)OC(C)(C)C)CC1. The van der Waals surface area contributed by atoms with Gasteiger partial charge in [0.1, 0.15) is 74.1 Å². The molecule has 1 fully saturated rings. The lowest BCUT2D eigenvalue weighted by molar-refractivity contribution is -0.174. The normalized spacial score (nSPS) is 15.3. The Morgan fingerprint density at radius 2 is 0.442 bits per heavy atom. The van der Waals surface area contributed by atoms with Gasteiger partial charge in [-0.15, -0.1) is 0 Å². The fourth-order valence-electron chi connectivity index (χ4n) is 10.7. The molecule has 0 aromatic carbocycles. The number of amides is 5. The van der Waals surface area contributed by atoms with Crippen molar-refractivity contribution < 1.29 is 114 Å². The molecule has 1 rings (SSSR count). The second-order valence-corrected chi connectivity index (χ2v) is 38.3. The van der Waals surface area contributed by atoms with Crippen LogP contribution in [0.15, 0.2) is 0 Å². The summed E-state index contributed by atoms with van der Waals surface area (Å²) in [4.78, 5) is 205. The number of alkyl carbamates (subject to hydrolysis) is 1. The van der Waals surface area contributed by atoms with Crippen molar-refractivity contribution in [1.29, 1.82) is 0 Å². The second-order valence-electron chi connectivity index (χ2n) is 38.3. The Hall–Kier alpha value is -7.74. The smallest absolute Gasteiger partial charge is 0.407 e. The Labute approximate surface area is 672 Å². The number of ether oxygens (including phenoxy) is 10. The Kier molecular flexibility index (Phi) is 40.1. The monoisotopic (exact) mass is 1610 g/mol. The van der Waals surface area contributed by atoms with E-state index >= 15 is 14.4 Å². The van der Waals surface area contributed by atoms with E-state index in [1.54, 1.807) is 213 Å². The number of carbonyl (C=O) groups is 14. The van der Waals surface area contributed by atoms with Crippen molar-refractivity contribution in [3.8, 4) is 0 Å². The third-order valence-electron chi connectivity index (χ3n) is 15.1. The van der Waals surface area contributed by atoms with E-state index in [4.69, 9.17) is 47.4 Å². The summed E-state index contributed by atoms with van der Waals surface area (Å²) in [6, 6.07) is -10.2. The molecule has 0 aromatic rings. The van der Waals surface area contributed by atoms with Crippen LogP contribution in [0.3, 0.4) is 0 Å². The molecule has 1 heterocycles. The zero-order chi connectivity index (χ0) is 87.6. The van der Waals surface area contributed by atoms with Gasteiger partial charge in [-0.05, 0) is 253 Å². The molecular weight excluding hydrogens is 1470 g/mol. The molecule has 32 nitrogen and oxygen atoms in total. The van der Waals surface area contributed by atoms with Crippen LogP contribution in [0.25, 0.3) is 0 Å². The summed E-state index contributed by atoms with van der Waals surface area (Å²) >= 11 is 0. The standard InChI is InChI=1S/C81H142N8O24/c1-72(2,3)104-62(94)52(83-59(65(97)107-75(10,11)12)66(98)108-76(13,14)15)37-40-56(91)87-46-35-47-89(58(93)42-39-54(64(96)106-74(7,8)9)85-61(69(101)111-79(22,23)24)70(102)112-80(25,26)27)51-50-88(45-34-44-86(48-49-87)55(90)36-32-31-33-43-82-71(103)113-81(28,29)30)57(92)41-38-53(63(95)105-73(4,5)6)84-60(67(99)109-77(16,17)18)68(100)110-78(19,20)21/h52-54,59-61,83-85H,31-51H2,1-30H3,(H,82,103). The van der Waals surface area contributed by atoms with Crippen LogP contribution in [0.4, 0.5) is 4.79 Å². The first-order valence-corrected chi connectivity index (χ1v) is 39.4. The van der Waals surface area contributed by atoms with E-state index in [-0.39, 0.29) is 96.9 Å². The van der Waals surface area contributed by atoms with Crippen LogP contribution in [-0.2, 0) is 110 Å². The molecule has 3 atom stereocenters. The van der Waals surface area contributed by atoms with Crippen molar-refractivity contribution in [2.45, 2.75) is 377 Å². The molecule has 32 heteroatoms. The van der Waals surface area contributed by atoms with Crippen molar-refractivity contribution in [1.82, 2.24) is 40.9 Å². The van der Waals surface area contributed by atoms with Crippen molar-refractivity contribution in [3.05, 3.63) is 0 Å². The van der Waals surface area contributed by atoms with Crippen LogP contribution in [0.5, 0.6) is 0 Å². The lowest BCUT2D eigenvalue weighted by Crippen LogP contribution is -2.55. The second kappa shape index (κ2) is 43.8. The van der Waals surface area contributed by atoms with E-state index in [1.165, 1.54) is 14.7 Å². The summed E-state index contributed by atoms with van der Waals surface area (Å²) in [7, 11) is 0. The number of nitrogens with zero attached hydrogens (tertiary/aromatic N) is 4. The highest BCUT2D eigenvalue weighted by atomic mass is 16.6. The first-order valence-electron chi connectivity index (χ1n) is 39.4. The zero-order valence-corrected chi connectivity index (χ0v) is 73.9. The van der Waals surface area contributed by atoms with Gasteiger partial charge in [0.2, 0.25) is 41.8 Å². The summed E-state index contributed by atoms with van der Waals surface area (Å²) < 4.78 is 56.6. The molecule has 1 aliphatic rings. The number of carbonyl (C=O) groups excluding carboxylic acids is 14. The maximum atomic E-state index is 15.2. The van der Waals surface area contributed by atoms with Gasteiger partial charge in [-0.2, -0.15) is 0 Å². The van der Waals surface area contributed by atoms with Crippen LogP contribution in [0.2, 0.25) is 0 Å². The minimum absolute atomic E-state index is 0.00295. The van der Waals surface area contributed by atoms with Gasteiger partial charge >= 0.3 is 59.8 Å². The van der Waals surface area contributed by atoms with Gasteiger partial charge in [-0.3, -0.25) is 49.5 Å². The van der Waals surface area contributed by atoms with Crippen LogP contribution in [0.1, 0.15) is 285 Å². The number of rotatable bonds is 30. The van der Waals surface area contributed by atoms with Crippen LogP contribution < -0.4 is 21.3 Å². The first-order chi connectivity index (χ1) is 51.0. The summed E-state index contributed by atoms with van der Waals surface area (Å²) in [5.74, 6) is -11.3. The summed E-state index contributed by atoms with van der Waals surface area (Å²) in [5, 5.41) is 11.1. The first kappa shape index (κ1) is 103. The average molecular weight is 1610 g/mol. The van der Waals surface area contributed by atoms with E-state index in [1.807, 2.05) is 0 Å². The predicted molar refractivity (Wildman–Crippen MR) is 421 cm³/mol. The van der Waals surface area contributed by atoms with E-state index in [9.17, 15) is 52.7 Å². The van der Waals surface area contributed by atoms with Crippen LogP contribution in [-0.4, -0.2) is 254 Å². The highest BCUT2D eigenvalue weighted by molar-refractivity contribution is 6.02. The van der Waals surface area contributed by atoms with Gasteiger partial charge in [0, 0.05) is 84.6 Å². The molecule has 0 spiro atoms. The third-order valence-corrected chi connectivity index (χ3v) is 15.1.